The molecular formula is C15H31NO. The molecule has 0 radical (unpaired) electrons. The molecule has 1 unspecified atom stereocenters. The molecular weight excluding hydrogens is 210 g/mol. The minimum absolute atomic E-state index is 0.128. The van der Waals surface area contributed by atoms with Crippen molar-refractivity contribution in [3.8, 4) is 0 Å². The minimum atomic E-state index is -0.128. The molecule has 102 valence electrons. The molecule has 1 aliphatic heterocycles. The highest BCUT2D eigenvalue weighted by Gasteiger charge is 2.41. The molecule has 1 saturated heterocycles. The molecule has 2 nitrogen and oxygen atoms in total. The number of hydrogen-bond acceptors (Lipinski definition) is 2. The van der Waals surface area contributed by atoms with Crippen LogP contribution in [0.25, 0.3) is 0 Å². The van der Waals surface area contributed by atoms with Crippen molar-refractivity contribution in [1.29, 1.82) is 0 Å². The molecule has 0 amide bonds. The van der Waals surface area contributed by atoms with Crippen molar-refractivity contribution in [3.05, 3.63) is 0 Å². The number of likely N-dealkylation sites (tertiary alicyclic amines) is 1. The molecule has 0 bridgehead atoms. The monoisotopic (exact) mass is 241 g/mol. The van der Waals surface area contributed by atoms with Gasteiger partial charge in [-0.1, -0.05) is 40.5 Å². The maximum Gasteiger partial charge on any atom is 0.0669 e. The summed E-state index contributed by atoms with van der Waals surface area (Å²) in [6.07, 6.45) is 6.11. The van der Waals surface area contributed by atoms with Crippen LogP contribution in [0.5, 0.6) is 0 Å². The molecule has 0 spiro atoms. The van der Waals surface area contributed by atoms with Gasteiger partial charge in [0, 0.05) is 19.6 Å². The van der Waals surface area contributed by atoms with E-state index in [-0.39, 0.29) is 6.10 Å². The van der Waals surface area contributed by atoms with Gasteiger partial charge in [-0.25, -0.2) is 0 Å². The van der Waals surface area contributed by atoms with Gasteiger partial charge >= 0.3 is 0 Å². The van der Waals surface area contributed by atoms with E-state index in [1.165, 1.54) is 38.8 Å². The fourth-order valence-corrected chi connectivity index (χ4v) is 3.45. The van der Waals surface area contributed by atoms with Crippen LogP contribution in [0.2, 0.25) is 0 Å². The molecule has 17 heavy (non-hydrogen) atoms. The molecule has 1 heterocycles. The van der Waals surface area contributed by atoms with E-state index in [4.69, 9.17) is 0 Å². The SMILES string of the molecule is CCCC1(CCC)CN(CC(O)CC(C)C)C1. The predicted molar refractivity (Wildman–Crippen MR) is 74.2 cm³/mol. The largest absolute Gasteiger partial charge is 0.392 e. The Bertz CT molecular complexity index is 201. The topological polar surface area (TPSA) is 23.5 Å². The van der Waals surface area contributed by atoms with Crippen molar-refractivity contribution >= 4 is 0 Å². The average Bonchev–Trinajstić information content (AvgIpc) is 2.14. The summed E-state index contributed by atoms with van der Waals surface area (Å²) in [5.74, 6) is 0.599. The van der Waals surface area contributed by atoms with Gasteiger partial charge in [0.2, 0.25) is 0 Å². The second-order valence-corrected chi connectivity index (χ2v) is 6.45. The van der Waals surface area contributed by atoms with Crippen LogP contribution in [0.3, 0.4) is 0 Å². The predicted octanol–water partition coefficient (Wildman–Crippen LogP) is 3.30. The average molecular weight is 241 g/mol. The molecule has 0 aromatic carbocycles. The number of hydrogen-bond donors (Lipinski definition) is 1. The van der Waals surface area contributed by atoms with Crippen molar-refractivity contribution < 1.29 is 5.11 Å². The lowest BCUT2D eigenvalue weighted by molar-refractivity contribution is -0.0417. The Morgan fingerprint density at radius 2 is 1.65 bits per heavy atom. The maximum absolute atomic E-state index is 9.94. The van der Waals surface area contributed by atoms with Crippen LogP contribution in [-0.4, -0.2) is 35.7 Å². The lowest BCUT2D eigenvalue weighted by Gasteiger charge is -2.51. The summed E-state index contributed by atoms with van der Waals surface area (Å²) in [6.45, 7) is 12.2. The zero-order chi connectivity index (χ0) is 12.9. The van der Waals surface area contributed by atoms with Gasteiger partial charge in [0.25, 0.3) is 0 Å². The second-order valence-electron chi connectivity index (χ2n) is 6.45. The first kappa shape index (κ1) is 15.0. The normalized spacial score (nSPS) is 21.5. The summed E-state index contributed by atoms with van der Waals surface area (Å²) < 4.78 is 0. The van der Waals surface area contributed by atoms with Gasteiger partial charge in [0.1, 0.15) is 0 Å². The summed E-state index contributed by atoms with van der Waals surface area (Å²) in [5.41, 5.74) is 0.584. The highest BCUT2D eigenvalue weighted by molar-refractivity contribution is 4.94. The van der Waals surface area contributed by atoms with Crippen LogP contribution in [0.1, 0.15) is 59.8 Å². The van der Waals surface area contributed by atoms with Gasteiger partial charge in [0.05, 0.1) is 6.10 Å². The maximum atomic E-state index is 9.94. The highest BCUT2D eigenvalue weighted by Crippen LogP contribution is 2.39. The first-order valence-electron chi connectivity index (χ1n) is 7.41. The van der Waals surface area contributed by atoms with Gasteiger partial charge in [-0.15, -0.1) is 0 Å². The molecule has 0 aromatic heterocycles. The molecule has 1 atom stereocenters. The highest BCUT2D eigenvalue weighted by atomic mass is 16.3. The number of aliphatic hydroxyl groups is 1. The summed E-state index contributed by atoms with van der Waals surface area (Å²) in [7, 11) is 0. The van der Waals surface area contributed by atoms with E-state index in [1.54, 1.807) is 0 Å². The van der Waals surface area contributed by atoms with Crippen molar-refractivity contribution in [2.75, 3.05) is 19.6 Å². The molecule has 2 heteroatoms. The summed E-state index contributed by atoms with van der Waals surface area (Å²) in [6, 6.07) is 0. The third kappa shape index (κ3) is 4.59. The lowest BCUT2D eigenvalue weighted by Crippen LogP contribution is -2.57. The Labute approximate surface area is 107 Å². The van der Waals surface area contributed by atoms with E-state index in [1.807, 2.05) is 0 Å². The van der Waals surface area contributed by atoms with E-state index in [0.717, 1.165) is 13.0 Å². The van der Waals surface area contributed by atoms with Crippen LogP contribution in [0, 0.1) is 11.3 Å². The van der Waals surface area contributed by atoms with E-state index < -0.39 is 0 Å². The van der Waals surface area contributed by atoms with Crippen LogP contribution < -0.4 is 0 Å². The fourth-order valence-electron chi connectivity index (χ4n) is 3.45. The molecule has 1 N–H and O–H groups in total. The summed E-state index contributed by atoms with van der Waals surface area (Å²) >= 11 is 0. The van der Waals surface area contributed by atoms with Crippen molar-refractivity contribution in [3.63, 3.8) is 0 Å². The number of β-amino-alcohol motifs (C(OH)–C–C–N with tert-alkyl or cyclic N) is 1. The Kier molecular flexibility index (Phi) is 5.94. The lowest BCUT2D eigenvalue weighted by atomic mass is 9.72. The fraction of sp³-hybridized carbons (Fsp3) is 1.00. The quantitative estimate of drug-likeness (QED) is 0.705. The second kappa shape index (κ2) is 6.75. The molecule has 0 aromatic rings. The summed E-state index contributed by atoms with van der Waals surface area (Å²) in [4.78, 5) is 2.44. The summed E-state index contributed by atoms with van der Waals surface area (Å²) in [5, 5.41) is 9.94. The van der Waals surface area contributed by atoms with Gasteiger partial charge in [0.15, 0.2) is 0 Å². The Morgan fingerprint density at radius 1 is 1.12 bits per heavy atom. The molecule has 1 aliphatic rings. The van der Waals surface area contributed by atoms with E-state index in [9.17, 15) is 5.11 Å². The first-order valence-corrected chi connectivity index (χ1v) is 7.41. The first-order chi connectivity index (χ1) is 8.01. The van der Waals surface area contributed by atoms with Crippen LogP contribution in [-0.2, 0) is 0 Å². The van der Waals surface area contributed by atoms with Crippen molar-refractivity contribution in [2.24, 2.45) is 11.3 Å². The molecule has 0 aliphatic carbocycles. The third-order valence-electron chi connectivity index (χ3n) is 3.89. The number of nitrogens with zero attached hydrogens (tertiary/aromatic N) is 1. The Balaban J connectivity index is 2.28. The third-order valence-corrected chi connectivity index (χ3v) is 3.89. The zero-order valence-corrected chi connectivity index (χ0v) is 12.2. The van der Waals surface area contributed by atoms with E-state index in [0.29, 0.717) is 11.3 Å². The van der Waals surface area contributed by atoms with Gasteiger partial charge in [-0.2, -0.15) is 0 Å². The van der Waals surface area contributed by atoms with Crippen molar-refractivity contribution in [2.45, 2.75) is 65.9 Å². The standard InChI is InChI=1S/C15H31NO/c1-5-7-15(8-6-2)11-16(12-15)10-14(17)9-13(3)4/h13-14,17H,5-12H2,1-4H3. The molecule has 0 saturated carbocycles. The van der Waals surface area contributed by atoms with Crippen LogP contribution in [0.15, 0.2) is 0 Å². The van der Waals surface area contributed by atoms with Gasteiger partial charge in [-0.3, -0.25) is 4.90 Å². The minimum Gasteiger partial charge on any atom is -0.392 e. The molecule has 1 fully saturated rings. The van der Waals surface area contributed by atoms with Crippen LogP contribution >= 0.6 is 0 Å². The molecule has 1 rings (SSSR count). The zero-order valence-electron chi connectivity index (χ0n) is 12.2. The number of aliphatic hydroxyl groups excluding tert-OH is 1. The number of rotatable bonds is 8. The smallest absolute Gasteiger partial charge is 0.0669 e. The van der Waals surface area contributed by atoms with Crippen LogP contribution in [0.4, 0.5) is 0 Å². The van der Waals surface area contributed by atoms with E-state index >= 15 is 0 Å². The Morgan fingerprint density at radius 3 is 2.06 bits per heavy atom. The van der Waals surface area contributed by atoms with Gasteiger partial charge < -0.3 is 5.11 Å². The van der Waals surface area contributed by atoms with E-state index in [2.05, 4.69) is 32.6 Å². The van der Waals surface area contributed by atoms with Crippen molar-refractivity contribution in [1.82, 2.24) is 4.90 Å². The Hall–Kier alpha value is -0.0800. The van der Waals surface area contributed by atoms with Gasteiger partial charge in [-0.05, 0) is 30.6 Å².